The molecular formula is C35H39OTi. The second-order valence-corrected chi connectivity index (χ2v) is 13.4. The Morgan fingerprint density at radius 3 is 2.00 bits per heavy atom. The van der Waals surface area contributed by atoms with Crippen molar-refractivity contribution >= 4 is 15.6 Å². The maximum absolute atomic E-state index is 6.43. The molecule has 0 saturated heterocycles. The molecule has 0 fully saturated rings. The summed E-state index contributed by atoms with van der Waals surface area (Å²) in [6.07, 6.45) is 12.3. The standard InChI is InChI=1S/C27H28O.C5H5.C3H6.Ti/c1-21-15-17-22(18-16-21)19-20-25(27(2,3)4)26(23-11-7-5-8-12-23)28-24-13-9-6-10-14-24;1-2-4-5-3-1;1-3-2;/h5-20H,1-4H3;1-3H,4H2;1-2H3;. The fourth-order valence-electron chi connectivity index (χ4n) is 3.85. The molecule has 1 aliphatic carbocycles. The summed E-state index contributed by atoms with van der Waals surface area (Å²) >= 11 is 0.153. The summed E-state index contributed by atoms with van der Waals surface area (Å²) in [5, 5.41) is 0. The van der Waals surface area contributed by atoms with Gasteiger partial charge >= 0.3 is 64.9 Å². The van der Waals surface area contributed by atoms with Crippen molar-refractivity contribution in [3.63, 3.8) is 0 Å². The van der Waals surface area contributed by atoms with Crippen LogP contribution in [0, 0.1) is 12.3 Å². The molecule has 1 aliphatic rings. The zero-order valence-corrected chi connectivity index (χ0v) is 24.6. The van der Waals surface area contributed by atoms with E-state index < -0.39 is 0 Å². The van der Waals surface area contributed by atoms with Crippen LogP contribution in [0.4, 0.5) is 0 Å². The van der Waals surface area contributed by atoms with Gasteiger partial charge in [-0.2, -0.15) is 0 Å². The molecule has 0 saturated carbocycles. The molecule has 0 unspecified atom stereocenters. The van der Waals surface area contributed by atoms with Crippen LogP contribution < -0.4 is 4.74 Å². The molecule has 3 aromatic rings. The Labute approximate surface area is 232 Å². The fraction of sp³-hybridized carbons (Fsp3) is 0.229. The molecule has 0 atom stereocenters. The number of aryl methyl sites for hydroxylation is 1. The van der Waals surface area contributed by atoms with E-state index in [1.807, 2.05) is 48.5 Å². The summed E-state index contributed by atoms with van der Waals surface area (Å²) in [7, 11) is 0. The van der Waals surface area contributed by atoms with E-state index in [1.54, 1.807) is 7.69 Å². The summed E-state index contributed by atoms with van der Waals surface area (Å²) in [6, 6.07) is 28.9. The second kappa shape index (κ2) is 14.1. The summed E-state index contributed by atoms with van der Waals surface area (Å²) in [5.74, 6) is 1.73. The van der Waals surface area contributed by atoms with Gasteiger partial charge in [0.1, 0.15) is 11.5 Å². The first-order valence-corrected chi connectivity index (χ1v) is 14.5. The second-order valence-electron chi connectivity index (χ2n) is 10.5. The van der Waals surface area contributed by atoms with Crippen molar-refractivity contribution in [2.24, 2.45) is 5.41 Å². The third-order valence-corrected chi connectivity index (χ3v) is 7.61. The predicted molar refractivity (Wildman–Crippen MR) is 158 cm³/mol. The van der Waals surface area contributed by atoms with Gasteiger partial charge in [-0.3, -0.25) is 0 Å². The summed E-state index contributed by atoms with van der Waals surface area (Å²) in [5.41, 5.74) is 4.59. The van der Waals surface area contributed by atoms with Crippen LogP contribution in [0.5, 0.6) is 5.75 Å². The van der Waals surface area contributed by atoms with E-state index in [1.165, 1.54) is 17.5 Å². The molecule has 2 heteroatoms. The number of rotatable bonds is 6. The first-order valence-electron chi connectivity index (χ1n) is 12.9. The molecule has 1 nitrogen and oxygen atoms in total. The van der Waals surface area contributed by atoms with Crippen LogP contribution >= 0.6 is 0 Å². The third kappa shape index (κ3) is 9.76. The Kier molecular flexibility index (Phi) is 10.9. The van der Waals surface area contributed by atoms with Crippen LogP contribution in [0.25, 0.3) is 11.8 Å². The Bertz CT molecular complexity index is 1280. The van der Waals surface area contributed by atoms with Crippen LogP contribution in [0.15, 0.2) is 119 Å². The first-order chi connectivity index (χ1) is 17.7. The Hall–Kier alpha value is -3.00. The van der Waals surface area contributed by atoms with E-state index in [0.717, 1.165) is 22.6 Å². The quantitative estimate of drug-likeness (QED) is 0.178. The van der Waals surface area contributed by atoms with Gasteiger partial charge in [0.15, 0.2) is 0 Å². The average Bonchev–Trinajstić information content (AvgIpc) is 3.38. The van der Waals surface area contributed by atoms with E-state index in [2.05, 4.69) is 108 Å². The Morgan fingerprint density at radius 2 is 1.46 bits per heavy atom. The molecule has 37 heavy (non-hydrogen) atoms. The van der Waals surface area contributed by atoms with Gasteiger partial charge in [0.25, 0.3) is 0 Å². The van der Waals surface area contributed by atoms with Gasteiger partial charge < -0.3 is 4.74 Å². The minimum absolute atomic E-state index is 0.0822. The molecule has 0 radical (unpaired) electrons. The monoisotopic (exact) mass is 523 g/mol. The number of para-hydroxylation sites is 1. The largest absolute Gasteiger partial charge is 0.456 e. The van der Waals surface area contributed by atoms with Crippen molar-refractivity contribution < 1.29 is 23.4 Å². The van der Waals surface area contributed by atoms with Gasteiger partial charge in [0.05, 0.1) is 0 Å². The van der Waals surface area contributed by atoms with Crippen LogP contribution in [-0.4, -0.2) is 3.81 Å². The molecule has 0 aliphatic heterocycles. The van der Waals surface area contributed by atoms with Crippen molar-refractivity contribution in [1.82, 2.24) is 0 Å². The molecule has 0 heterocycles. The molecule has 0 amide bonds. The van der Waals surface area contributed by atoms with E-state index in [0.29, 0.717) is 0 Å². The van der Waals surface area contributed by atoms with Crippen LogP contribution in [0.1, 0.15) is 57.7 Å². The summed E-state index contributed by atoms with van der Waals surface area (Å²) in [4.78, 5) is 0. The third-order valence-electron chi connectivity index (χ3n) is 5.75. The molecule has 0 N–H and O–H groups in total. The molecular weight excluding hydrogens is 484 g/mol. The molecule has 0 spiro atoms. The van der Waals surface area contributed by atoms with Gasteiger partial charge in [-0.25, -0.2) is 0 Å². The molecule has 3 aromatic carbocycles. The SMILES string of the molecule is C[C](C)=[Ti][C]1=CC=CC1.Cc1ccc(C=CC(=C(Oc2ccccc2)c2ccccc2)C(C)(C)C)cc1. The number of benzene rings is 3. The van der Waals surface area contributed by atoms with E-state index in [4.69, 9.17) is 4.74 Å². The van der Waals surface area contributed by atoms with Crippen molar-refractivity contribution in [2.45, 2.75) is 48.0 Å². The maximum atomic E-state index is 6.43. The smallest absolute Gasteiger partial charge is 0.138 e. The van der Waals surface area contributed by atoms with E-state index in [-0.39, 0.29) is 24.1 Å². The Balaban J connectivity index is 0.000000356. The fourth-order valence-corrected chi connectivity index (χ4v) is 5.48. The number of ether oxygens (including phenoxy) is 1. The first kappa shape index (κ1) is 28.6. The van der Waals surface area contributed by atoms with Gasteiger partial charge in [-0.1, -0.05) is 111 Å². The van der Waals surface area contributed by atoms with Gasteiger partial charge in [-0.15, -0.1) is 0 Å². The van der Waals surface area contributed by atoms with E-state index in [9.17, 15) is 0 Å². The van der Waals surface area contributed by atoms with Crippen molar-refractivity contribution in [3.8, 4) is 5.75 Å². The average molecular weight is 524 g/mol. The van der Waals surface area contributed by atoms with Crippen molar-refractivity contribution in [1.29, 1.82) is 0 Å². The Morgan fingerprint density at radius 1 is 0.838 bits per heavy atom. The summed E-state index contributed by atoms with van der Waals surface area (Å²) in [6.45, 7) is 13.2. The number of hydrogen-bond donors (Lipinski definition) is 0. The minimum Gasteiger partial charge on any atom is -0.456 e. The zero-order chi connectivity index (χ0) is 26.7. The number of hydrogen-bond acceptors (Lipinski definition) is 1. The molecule has 0 aromatic heterocycles. The zero-order valence-electron chi connectivity index (χ0n) is 23.1. The molecule has 0 bridgehead atoms. The molecule has 189 valence electrons. The van der Waals surface area contributed by atoms with Crippen LogP contribution in [0.3, 0.4) is 0 Å². The topological polar surface area (TPSA) is 9.23 Å². The summed E-state index contributed by atoms with van der Waals surface area (Å²) < 4.78 is 9.73. The van der Waals surface area contributed by atoms with Crippen LogP contribution in [-0.2, 0) is 18.7 Å². The van der Waals surface area contributed by atoms with E-state index >= 15 is 0 Å². The van der Waals surface area contributed by atoms with Gasteiger partial charge in [-0.05, 0) is 30.0 Å². The maximum Gasteiger partial charge on any atom is 0.138 e. The van der Waals surface area contributed by atoms with Crippen LogP contribution in [0.2, 0.25) is 0 Å². The normalized spacial score (nSPS) is 13.3. The van der Waals surface area contributed by atoms with Crippen molar-refractivity contribution in [3.05, 3.63) is 135 Å². The minimum atomic E-state index is -0.0822. The number of allylic oxidation sites excluding steroid dienone is 6. The van der Waals surface area contributed by atoms with Gasteiger partial charge in [0.2, 0.25) is 0 Å². The molecule has 4 rings (SSSR count). The van der Waals surface area contributed by atoms with Gasteiger partial charge in [0, 0.05) is 11.1 Å². The predicted octanol–water partition coefficient (Wildman–Crippen LogP) is 9.67. The van der Waals surface area contributed by atoms with Crippen molar-refractivity contribution in [2.75, 3.05) is 0 Å².